The molecule has 1 saturated heterocycles. The Hall–Kier alpha value is -1.34. The summed E-state index contributed by atoms with van der Waals surface area (Å²) in [6, 6.07) is 0.777. The first-order valence-corrected chi connectivity index (χ1v) is 8.50. The molecule has 3 rings (SSSR count). The van der Waals surface area contributed by atoms with Crippen LogP contribution in [0.5, 0.6) is 0 Å². The Kier molecular flexibility index (Phi) is 4.30. The van der Waals surface area contributed by atoms with Gasteiger partial charge in [0.25, 0.3) is 0 Å². The lowest BCUT2D eigenvalue weighted by molar-refractivity contribution is 0.209. The third kappa shape index (κ3) is 3.29. The Morgan fingerprint density at radius 1 is 1.38 bits per heavy atom. The average molecular weight is 306 g/mol. The molecular formula is C14H22N6S. The highest BCUT2D eigenvalue weighted by Crippen LogP contribution is 2.30. The van der Waals surface area contributed by atoms with Gasteiger partial charge in [-0.05, 0) is 13.8 Å². The van der Waals surface area contributed by atoms with Crippen LogP contribution in [0.4, 0.5) is 0 Å². The van der Waals surface area contributed by atoms with E-state index < -0.39 is 0 Å². The number of aryl methyl sites for hydroxylation is 1. The summed E-state index contributed by atoms with van der Waals surface area (Å²) in [5.41, 5.74) is 2.34. The van der Waals surface area contributed by atoms with Crippen molar-refractivity contribution >= 4 is 11.8 Å². The maximum absolute atomic E-state index is 4.31. The van der Waals surface area contributed by atoms with Gasteiger partial charge >= 0.3 is 0 Å². The van der Waals surface area contributed by atoms with Gasteiger partial charge < -0.3 is 0 Å². The fourth-order valence-corrected chi connectivity index (χ4v) is 3.75. The maximum atomic E-state index is 4.31. The smallest absolute Gasteiger partial charge is 0.0967 e. The molecular weight excluding hydrogens is 284 g/mol. The highest BCUT2D eigenvalue weighted by atomic mass is 32.2. The minimum absolute atomic E-state index is 0.359. The highest BCUT2D eigenvalue weighted by Gasteiger charge is 2.26. The molecule has 0 radical (unpaired) electrons. The molecule has 0 bridgehead atoms. The Balaban J connectivity index is 1.74. The van der Waals surface area contributed by atoms with Gasteiger partial charge in [-0.2, -0.15) is 16.9 Å². The number of aromatic nitrogens is 5. The lowest BCUT2D eigenvalue weighted by Gasteiger charge is -2.34. The van der Waals surface area contributed by atoms with E-state index in [0.717, 1.165) is 24.5 Å². The predicted octanol–water partition coefficient (Wildman–Crippen LogP) is 1.88. The molecule has 2 aromatic rings. The predicted molar refractivity (Wildman–Crippen MR) is 84.1 cm³/mol. The van der Waals surface area contributed by atoms with Crippen molar-refractivity contribution in [1.29, 1.82) is 0 Å². The molecule has 1 aliphatic heterocycles. The fourth-order valence-electron chi connectivity index (χ4n) is 2.59. The lowest BCUT2D eigenvalue weighted by atomic mass is 10.1. The Bertz CT molecular complexity index is 590. The molecule has 0 aromatic carbocycles. The molecule has 1 atom stereocenters. The van der Waals surface area contributed by atoms with Crippen molar-refractivity contribution < 1.29 is 0 Å². The van der Waals surface area contributed by atoms with Crippen LogP contribution >= 0.6 is 11.8 Å². The quantitative estimate of drug-likeness (QED) is 0.863. The van der Waals surface area contributed by atoms with Crippen molar-refractivity contribution in [2.45, 2.75) is 32.5 Å². The van der Waals surface area contributed by atoms with E-state index in [9.17, 15) is 0 Å². The van der Waals surface area contributed by atoms with Crippen LogP contribution in [0.15, 0.2) is 18.6 Å². The summed E-state index contributed by atoms with van der Waals surface area (Å²) >= 11 is 2.01. The first-order chi connectivity index (χ1) is 10.1. The second kappa shape index (κ2) is 6.19. The van der Waals surface area contributed by atoms with Crippen LogP contribution in [0.2, 0.25) is 0 Å². The second-order valence-electron chi connectivity index (χ2n) is 5.79. The topological polar surface area (TPSA) is 51.8 Å². The third-order valence-electron chi connectivity index (χ3n) is 3.80. The summed E-state index contributed by atoms with van der Waals surface area (Å²) < 4.78 is 3.80. The molecule has 114 valence electrons. The molecule has 21 heavy (non-hydrogen) atoms. The Morgan fingerprint density at radius 3 is 2.90 bits per heavy atom. The van der Waals surface area contributed by atoms with Gasteiger partial charge in [0.15, 0.2) is 0 Å². The average Bonchev–Trinajstić information content (AvgIpc) is 3.09. The standard InChI is InChI=1S/C14H22N6S/c1-11(2)20-9-13(16-17-20)8-19-4-5-21-10-14(19)12-6-15-18(3)7-12/h6-7,9,11,14H,4-5,8,10H2,1-3H3. The SMILES string of the molecule is CC(C)n1cc(CN2CCSCC2c2cnn(C)c2)nn1. The lowest BCUT2D eigenvalue weighted by Crippen LogP contribution is -2.35. The number of hydrogen-bond acceptors (Lipinski definition) is 5. The monoisotopic (exact) mass is 306 g/mol. The molecule has 3 heterocycles. The van der Waals surface area contributed by atoms with Gasteiger partial charge in [0.05, 0.1) is 18.1 Å². The van der Waals surface area contributed by atoms with Crippen molar-refractivity contribution in [2.75, 3.05) is 18.1 Å². The first kappa shape index (κ1) is 14.6. The number of thioether (sulfide) groups is 1. The molecule has 0 saturated carbocycles. The molecule has 7 heteroatoms. The van der Waals surface area contributed by atoms with E-state index in [1.807, 2.05) is 34.4 Å². The Labute approximate surface area is 129 Å². The van der Waals surface area contributed by atoms with Gasteiger partial charge in [-0.3, -0.25) is 9.58 Å². The van der Waals surface area contributed by atoms with E-state index in [4.69, 9.17) is 0 Å². The van der Waals surface area contributed by atoms with Crippen molar-refractivity contribution in [3.05, 3.63) is 29.8 Å². The van der Waals surface area contributed by atoms with Gasteiger partial charge in [0, 0.05) is 55.5 Å². The molecule has 2 aromatic heterocycles. The van der Waals surface area contributed by atoms with E-state index in [2.05, 4.69) is 46.6 Å². The number of nitrogens with zero attached hydrogens (tertiary/aromatic N) is 6. The van der Waals surface area contributed by atoms with Crippen molar-refractivity contribution in [3.8, 4) is 0 Å². The second-order valence-corrected chi connectivity index (χ2v) is 6.94. The van der Waals surface area contributed by atoms with Crippen LogP contribution in [-0.2, 0) is 13.6 Å². The molecule has 1 unspecified atom stereocenters. The normalized spacial score (nSPS) is 20.3. The van der Waals surface area contributed by atoms with Crippen LogP contribution in [-0.4, -0.2) is 47.7 Å². The van der Waals surface area contributed by atoms with Crippen LogP contribution in [0.3, 0.4) is 0 Å². The zero-order valence-corrected chi connectivity index (χ0v) is 13.6. The van der Waals surface area contributed by atoms with Crippen LogP contribution in [0.25, 0.3) is 0 Å². The summed E-state index contributed by atoms with van der Waals surface area (Å²) in [5.74, 6) is 2.29. The zero-order chi connectivity index (χ0) is 14.8. The van der Waals surface area contributed by atoms with Crippen LogP contribution in [0.1, 0.15) is 37.2 Å². The highest BCUT2D eigenvalue weighted by molar-refractivity contribution is 7.99. The van der Waals surface area contributed by atoms with E-state index in [-0.39, 0.29) is 0 Å². The molecule has 0 aliphatic carbocycles. The molecule has 0 N–H and O–H groups in total. The van der Waals surface area contributed by atoms with Gasteiger partial charge in [-0.15, -0.1) is 5.10 Å². The summed E-state index contributed by atoms with van der Waals surface area (Å²) in [5, 5.41) is 12.8. The van der Waals surface area contributed by atoms with E-state index >= 15 is 0 Å². The molecule has 1 fully saturated rings. The van der Waals surface area contributed by atoms with Crippen molar-refractivity contribution in [3.63, 3.8) is 0 Å². The van der Waals surface area contributed by atoms with E-state index in [0.29, 0.717) is 12.1 Å². The van der Waals surface area contributed by atoms with E-state index in [1.165, 1.54) is 11.3 Å². The van der Waals surface area contributed by atoms with Crippen molar-refractivity contribution in [1.82, 2.24) is 29.7 Å². The van der Waals surface area contributed by atoms with E-state index in [1.54, 1.807) is 0 Å². The zero-order valence-electron chi connectivity index (χ0n) is 12.8. The fraction of sp³-hybridized carbons (Fsp3) is 0.643. The van der Waals surface area contributed by atoms with Gasteiger partial charge in [-0.1, -0.05) is 5.21 Å². The molecule has 1 aliphatic rings. The van der Waals surface area contributed by atoms with Crippen LogP contribution < -0.4 is 0 Å². The third-order valence-corrected chi connectivity index (χ3v) is 4.82. The summed E-state index contributed by atoms with van der Waals surface area (Å²) in [6.45, 7) is 6.18. The minimum Gasteiger partial charge on any atom is -0.289 e. The van der Waals surface area contributed by atoms with Crippen LogP contribution in [0, 0.1) is 0 Å². The number of hydrogen-bond donors (Lipinski definition) is 0. The molecule has 6 nitrogen and oxygen atoms in total. The summed E-state index contributed by atoms with van der Waals surface area (Å²) in [4.78, 5) is 2.49. The van der Waals surface area contributed by atoms with Gasteiger partial charge in [0.1, 0.15) is 0 Å². The first-order valence-electron chi connectivity index (χ1n) is 7.34. The van der Waals surface area contributed by atoms with Gasteiger partial charge in [0.2, 0.25) is 0 Å². The summed E-state index contributed by atoms with van der Waals surface area (Å²) in [7, 11) is 1.97. The number of rotatable bonds is 4. The summed E-state index contributed by atoms with van der Waals surface area (Å²) in [6.07, 6.45) is 6.16. The molecule has 0 spiro atoms. The Morgan fingerprint density at radius 2 is 2.24 bits per heavy atom. The minimum atomic E-state index is 0.359. The van der Waals surface area contributed by atoms with Crippen molar-refractivity contribution in [2.24, 2.45) is 7.05 Å². The molecule has 0 amide bonds. The largest absolute Gasteiger partial charge is 0.289 e. The maximum Gasteiger partial charge on any atom is 0.0967 e. The van der Waals surface area contributed by atoms with Gasteiger partial charge in [-0.25, -0.2) is 4.68 Å².